The van der Waals surface area contributed by atoms with Gasteiger partial charge >= 0.3 is 61.9 Å². The van der Waals surface area contributed by atoms with Crippen LogP contribution < -0.4 is 0 Å². The maximum atomic E-state index is 10.0. The molecule has 0 spiro atoms. The van der Waals surface area contributed by atoms with Crippen molar-refractivity contribution < 1.29 is 17.2 Å². The Kier molecular flexibility index (Phi) is 3.91. The summed E-state index contributed by atoms with van der Waals surface area (Å²) in [6, 6.07) is 0. The average molecular weight is 248 g/mol. The van der Waals surface area contributed by atoms with Crippen LogP contribution in [0, 0.1) is 0 Å². The van der Waals surface area contributed by atoms with Crippen molar-refractivity contribution in [3.8, 4) is 0 Å². The standard InChI is InChI=1S/C2H2O4Se2/c3-1(5-7)2(4)6-8/h7-8H. The van der Waals surface area contributed by atoms with Gasteiger partial charge in [0.05, 0.1) is 0 Å². The zero-order valence-corrected chi connectivity index (χ0v) is 7.28. The second kappa shape index (κ2) is 3.92. The van der Waals surface area contributed by atoms with Crippen molar-refractivity contribution in [2.75, 3.05) is 0 Å². The van der Waals surface area contributed by atoms with Gasteiger partial charge in [-0.2, -0.15) is 0 Å². The molecule has 0 aliphatic heterocycles. The number of hydrogen-bond acceptors (Lipinski definition) is 4. The fourth-order valence-electron chi connectivity index (χ4n) is 0.0745. The topological polar surface area (TPSA) is 52.6 Å². The second-order valence-corrected chi connectivity index (χ2v) is 1.52. The molecule has 0 aliphatic carbocycles. The van der Waals surface area contributed by atoms with Crippen LogP contribution in [0.2, 0.25) is 0 Å². The minimum absolute atomic E-state index is 1.02. The Labute approximate surface area is 62.2 Å². The molecule has 0 aromatic carbocycles. The van der Waals surface area contributed by atoms with Crippen molar-refractivity contribution in [1.29, 1.82) is 0 Å². The van der Waals surface area contributed by atoms with E-state index in [0.29, 0.717) is 0 Å². The fraction of sp³-hybridized carbons (Fsp3) is 0. The summed E-state index contributed by atoms with van der Waals surface area (Å²) in [7, 11) is 0. The van der Waals surface area contributed by atoms with Crippen LogP contribution in [-0.2, 0) is 17.2 Å². The van der Waals surface area contributed by atoms with Crippen LogP contribution in [-0.4, -0.2) is 44.6 Å². The molecule has 0 radical (unpaired) electrons. The third kappa shape index (κ3) is 2.33. The van der Waals surface area contributed by atoms with Crippen LogP contribution in [0.1, 0.15) is 0 Å². The molecule has 0 atom stereocenters. The van der Waals surface area contributed by atoms with Crippen LogP contribution >= 0.6 is 0 Å². The van der Waals surface area contributed by atoms with Crippen molar-refractivity contribution in [2.24, 2.45) is 0 Å². The Morgan fingerprint density at radius 3 is 1.38 bits per heavy atom. The summed E-state index contributed by atoms with van der Waals surface area (Å²) in [6.45, 7) is 0. The molecule has 0 amide bonds. The van der Waals surface area contributed by atoms with E-state index in [9.17, 15) is 9.59 Å². The van der Waals surface area contributed by atoms with E-state index in [-0.39, 0.29) is 0 Å². The van der Waals surface area contributed by atoms with Crippen LogP contribution in [0.3, 0.4) is 0 Å². The minimum atomic E-state index is -1.02. The van der Waals surface area contributed by atoms with Gasteiger partial charge in [0.2, 0.25) is 0 Å². The van der Waals surface area contributed by atoms with Crippen molar-refractivity contribution in [3.63, 3.8) is 0 Å². The zero-order chi connectivity index (χ0) is 6.57. The van der Waals surface area contributed by atoms with Crippen molar-refractivity contribution in [2.45, 2.75) is 0 Å². The van der Waals surface area contributed by atoms with E-state index >= 15 is 0 Å². The molecule has 0 heterocycles. The summed E-state index contributed by atoms with van der Waals surface area (Å²) in [5.74, 6) is -2.05. The summed E-state index contributed by atoms with van der Waals surface area (Å²) < 4.78 is 7.83. The first-order valence-electron chi connectivity index (χ1n) is 1.43. The molecule has 0 aliphatic rings. The molecule has 0 aromatic heterocycles. The Bertz CT molecular complexity index is 96.6. The number of rotatable bonds is 0. The summed E-state index contributed by atoms with van der Waals surface area (Å²) in [5, 5.41) is 0. The fourth-order valence-corrected chi connectivity index (χ4v) is 0.387. The molecule has 0 unspecified atom stereocenters. The molecule has 46 valence electrons. The van der Waals surface area contributed by atoms with Gasteiger partial charge in [-0.1, -0.05) is 0 Å². The first kappa shape index (κ1) is 7.98. The average Bonchev–Trinajstić information content (AvgIpc) is 1.84. The third-order valence-electron chi connectivity index (χ3n) is 0.332. The van der Waals surface area contributed by atoms with Gasteiger partial charge in [-0.05, 0) is 0 Å². The van der Waals surface area contributed by atoms with Crippen LogP contribution in [0.5, 0.6) is 0 Å². The van der Waals surface area contributed by atoms with Gasteiger partial charge in [-0.3, -0.25) is 0 Å². The first-order chi connectivity index (χ1) is 3.72. The predicted molar refractivity (Wildman–Crippen MR) is 26.5 cm³/mol. The van der Waals surface area contributed by atoms with E-state index in [1.165, 1.54) is 32.7 Å². The molecule has 0 fully saturated rings. The van der Waals surface area contributed by atoms with Gasteiger partial charge < -0.3 is 0 Å². The Morgan fingerprint density at radius 1 is 1.00 bits per heavy atom. The Morgan fingerprint density at radius 2 is 1.25 bits per heavy atom. The molecule has 6 heteroatoms. The van der Waals surface area contributed by atoms with Crippen molar-refractivity contribution in [1.82, 2.24) is 0 Å². The predicted octanol–water partition coefficient (Wildman–Crippen LogP) is -2.30. The first-order valence-corrected chi connectivity index (χ1v) is 2.96. The molecule has 0 N–H and O–H groups in total. The third-order valence-corrected chi connectivity index (χ3v) is 1.03. The van der Waals surface area contributed by atoms with Gasteiger partial charge in [0.1, 0.15) is 0 Å². The number of carbonyl (C=O) groups is 2. The summed E-state index contributed by atoms with van der Waals surface area (Å²) in [4.78, 5) is 20.0. The molecular formula is C2H2O4Se2. The molecule has 0 saturated carbocycles. The number of hydrogen-bond donors (Lipinski definition) is 0. The Balaban J connectivity index is 3.64. The van der Waals surface area contributed by atoms with Crippen LogP contribution in [0.15, 0.2) is 0 Å². The van der Waals surface area contributed by atoms with E-state index in [0.717, 1.165) is 0 Å². The van der Waals surface area contributed by atoms with Gasteiger partial charge in [0, 0.05) is 0 Å². The summed E-state index contributed by atoms with van der Waals surface area (Å²) >= 11 is 3.00. The van der Waals surface area contributed by atoms with E-state index in [1.807, 2.05) is 0 Å². The Hall–Kier alpha value is -0.0210. The molecule has 0 saturated heterocycles. The molecule has 0 aromatic rings. The van der Waals surface area contributed by atoms with Crippen LogP contribution in [0.4, 0.5) is 0 Å². The number of carbonyl (C=O) groups excluding carboxylic acids is 2. The zero-order valence-electron chi connectivity index (χ0n) is 3.53. The maximum absolute atomic E-state index is 10.0. The van der Waals surface area contributed by atoms with E-state index < -0.39 is 11.9 Å². The van der Waals surface area contributed by atoms with Crippen LogP contribution in [0.25, 0.3) is 0 Å². The SMILES string of the molecule is O=C(O[SeH])C(=O)O[SeH]. The molecular weight excluding hydrogens is 246 g/mol. The van der Waals surface area contributed by atoms with Crippen molar-refractivity contribution >= 4 is 44.6 Å². The van der Waals surface area contributed by atoms with Gasteiger partial charge in [-0.25, -0.2) is 0 Å². The molecule has 0 rings (SSSR count). The van der Waals surface area contributed by atoms with E-state index in [4.69, 9.17) is 0 Å². The molecule has 8 heavy (non-hydrogen) atoms. The molecule has 0 bridgehead atoms. The van der Waals surface area contributed by atoms with Gasteiger partial charge in [0.15, 0.2) is 0 Å². The van der Waals surface area contributed by atoms with E-state index in [2.05, 4.69) is 7.64 Å². The summed E-state index contributed by atoms with van der Waals surface area (Å²) in [6.07, 6.45) is 0. The molecule has 4 nitrogen and oxygen atoms in total. The van der Waals surface area contributed by atoms with Crippen molar-refractivity contribution in [3.05, 3.63) is 0 Å². The second-order valence-electron chi connectivity index (χ2n) is 0.757. The normalized spacial score (nSPS) is 7.75. The van der Waals surface area contributed by atoms with E-state index in [1.54, 1.807) is 0 Å². The van der Waals surface area contributed by atoms with Gasteiger partial charge in [0.25, 0.3) is 0 Å². The quantitative estimate of drug-likeness (QED) is 0.357. The van der Waals surface area contributed by atoms with Gasteiger partial charge in [-0.15, -0.1) is 0 Å². The summed E-state index contributed by atoms with van der Waals surface area (Å²) in [5.41, 5.74) is 0. The monoisotopic (exact) mass is 250 g/mol.